The van der Waals surface area contributed by atoms with Crippen LogP contribution in [0.2, 0.25) is 0 Å². The summed E-state index contributed by atoms with van der Waals surface area (Å²) in [6.45, 7) is 3.75. The minimum Gasteiger partial charge on any atom is -0.485 e. The molecule has 3 rings (SSSR count). The topological polar surface area (TPSA) is 90.1 Å². The average molecular weight is 330 g/mol. The Kier molecular flexibility index (Phi) is 4.33. The first-order chi connectivity index (χ1) is 11.1. The van der Waals surface area contributed by atoms with Crippen LogP contribution in [0.1, 0.15) is 27.0 Å². The van der Waals surface area contributed by atoms with Gasteiger partial charge in [-0.2, -0.15) is 4.98 Å². The van der Waals surface area contributed by atoms with Gasteiger partial charge >= 0.3 is 0 Å². The summed E-state index contributed by atoms with van der Waals surface area (Å²) in [4.78, 5) is 21.6. The molecule has 23 heavy (non-hydrogen) atoms. The van der Waals surface area contributed by atoms with Gasteiger partial charge in [0.2, 0.25) is 11.7 Å². The standard InChI is InChI=1S/C15H14N4O3S/c1-9-7-16-15(23-9)18-14(20)11-5-3-4-6-12(11)21-8-13-17-10(2)22-19-13/h3-7H,8H2,1-2H3,(H,16,18,20). The molecule has 0 atom stereocenters. The number of amides is 1. The zero-order chi connectivity index (χ0) is 16.2. The fourth-order valence-electron chi connectivity index (χ4n) is 1.90. The van der Waals surface area contributed by atoms with E-state index in [0.717, 1.165) is 4.88 Å². The van der Waals surface area contributed by atoms with Crippen LogP contribution < -0.4 is 10.1 Å². The minimum absolute atomic E-state index is 0.123. The predicted molar refractivity (Wildman–Crippen MR) is 84.6 cm³/mol. The molecule has 0 spiro atoms. The van der Waals surface area contributed by atoms with Crippen molar-refractivity contribution in [1.82, 2.24) is 15.1 Å². The van der Waals surface area contributed by atoms with E-state index >= 15 is 0 Å². The first kappa shape index (κ1) is 15.2. The molecular weight excluding hydrogens is 316 g/mol. The summed E-state index contributed by atoms with van der Waals surface area (Å²) in [6.07, 6.45) is 1.71. The van der Waals surface area contributed by atoms with Crippen LogP contribution in [0.25, 0.3) is 0 Å². The number of nitrogens with one attached hydrogen (secondary N) is 1. The highest BCUT2D eigenvalue weighted by Crippen LogP contribution is 2.22. The summed E-state index contributed by atoms with van der Waals surface area (Å²) >= 11 is 1.41. The number of rotatable bonds is 5. The van der Waals surface area contributed by atoms with Crippen molar-refractivity contribution >= 4 is 22.4 Å². The molecule has 0 unspecified atom stereocenters. The van der Waals surface area contributed by atoms with E-state index in [1.165, 1.54) is 11.3 Å². The van der Waals surface area contributed by atoms with E-state index in [0.29, 0.717) is 28.2 Å². The van der Waals surface area contributed by atoms with Gasteiger partial charge in [0.05, 0.1) is 5.56 Å². The van der Waals surface area contributed by atoms with Crippen molar-refractivity contribution < 1.29 is 14.1 Å². The summed E-state index contributed by atoms with van der Waals surface area (Å²) in [5.41, 5.74) is 0.417. The lowest BCUT2D eigenvalue weighted by molar-refractivity contribution is 0.102. The lowest BCUT2D eigenvalue weighted by Crippen LogP contribution is -2.13. The van der Waals surface area contributed by atoms with Crippen molar-refractivity contribution in [2.24, 2.45) is 0 Å². The Morgan fingerprint density at radius 3 is 2.87 bits per heavy atom. The van der Waals surface area contributed by atoms with Gasteiger partial charge in [-0.15, -0.1) is 11.3 Å². The van der Waals surface area contributed by atoms with Gasteiger partial charge < -0.3 is 9.26 Å². The van der Waals surface area contributed by atoms with Crippen LogP contribution in [0.3, 0.4) is 0 Å². The Hall–Kier alpha value is -2.74. The quantitative estimate of drug-likeness (QED) is 0.773. The van der Waals surface area contributed by atoms with Crippen molar-refractivity contribution in [3.05, 3.63) is 52.6 Å². The Morgan fingerprint density at radius 2 is 2.17 bits per heavy atom. The first-order valence-electron chi connectivity index (χ1n) is 6.86. The van der Waals surface area contributed by atoms with Crippen molar-refractivity contribution in [1.29, 1.82) is 0 Å². The number of aromatic nitrogens is 3. The van der Waals surface area contributed by atoms with E-state index in [4.69, 9.17) is 9.26 Å². The summed E-state index contributed by atoms with van der Waals surface area (Å²) in [5, 5.41) is 7.07. The van der Waals surface area contributed by atoms with Crippen LogP contribution in [-0.4, -0.2) is 21.0 Å². The predicted octanol–water partition coefficient (Wildman–Crippen LogP) is 2.97. The lowest BCUT2D eigenvalue weighted by atomic mass is 10.2. The van der Waals surface area contributed by atoms with Gasteiger partial charge in [0, 0.05) is 18.0 Å². The van der Waals surface area contributed by atoms with Gasteiger partial charge in [0.15, 0.2) is 11.7 Å². The zero-order valence-electron chi connectivity index (χ0n) is 12.6. The van der Waals surface area contributed by atoms with E-state index in [1.807, 2.05) is 6.92 Å². The van der Waals surface area contributed by atoms with E-state index in [2.05, 4.69) is 20.4 Å². The normalized spacial score (nSPS) is 10.5. The molecule has 0 bridgehead atoms. The molecule has 0 aliphatic heterocycles. The van der Waals surface area contributed by atoms with E-state index in [-0.39, 0.29) is 12.5 Å². The number of thiazole rings is 1. The van der Waals surface area contributed by atoms with Gasteiger partial charge in [0.1, 0.15) is 5.75 Å². The van der Waals surface area contributed by atoms with Crippen LogP contribution in [0.5, 0.6) is 5.75 Å². The summed E-state index contributed by atoms with van der Waals surface area (Å²) in [7, 11) is 0. The molecule has 0 aliphatic rings. The molecule has 118 valence electrons. The Labute approximate surface area is 136 Å². The Morgan fingerprint density at radius 1 is 1.35 bits per heavy atom. The molecule has 7 nitrogen and oxygen atoms in total. The summed E-state index contributed by atoms with van der Waals surface area (Å²) in [5.74, 6) is 1.06. The Balaban J connectivity index is 1.73. The van der Waals surface area contributed by atoms with Crippen LogP contribution in [0, 0.1) is 13.8 Å². The molecule has 8 heteroatoms. The molecule has 1 amide bonds. The minimum atomic E-state index is -0.278. The van der Waals surface area contributed by atoms with E-state index in [9.17, 15) is 4.79 Å². The zero-order valence-corrected chi connectivity index (χ0v) is 13.4. The smallest absolute Gasteiger partial charge is 0.261 e. The number of anilines is 1. The largest absolute Gasteiger partial charge is 0.485 e. The summed E-state index contributed by atoms with van der Waals surface area (Å²) < 4.78 is 10.5. The monoisotopic (exact) mass is 330 g/mol. The van der Waals surface area contributed by atoms with Crippen LogP contribution in [0.4, 0.5) is 5.13 Å². The molecule has 2 aromatic heterocycles. The number of ether oxygens (including phenoxy) is 1. The lowest BCUT2D eigenvalue weighted by Gasteiger charge is -2.09. The molecule has 0 aliphatic carbocycles. The fraction of sp³-hybridized carbons (Fsp3) is 0.200. The van der Waals surface area contributed by atoms with E-state index < -0.39 is 0 Å². The highest BCUT2D eigenvalue weighted by atomic mass is 32.1. The molecule has 3 aromatic rings. The third-order valence-corrected chi connectivity index (χ3v) is 3.73. The molecule has 0 saturated carbocycles. The second-order valence-electron chi connectivity index (χ2n) is 4.74. The van der Waals surface area contributed by atoms with Crippen LogP contribution in [-0.2, 0) is 6.61 Å². The number of carbonyl (C=O) groups is 1. The third kappa shape index (κ3) is 3.72. The Bertz CT molecular complexity index is 828. The van der Waals surface area contributed by atoms with Gasteiger partial charge in [-0.05, 0) is 19.1 Å². The average Bonchev–Trinajstić information content (AvgIpc) is 3.14. The molecular formula is C15H14N4O3S. The highest BCUT2D eigenvalue weighted by molar-refractivity contribution is 7.15. The number of nitrogens with zero attached hydrogens (tertiary/aromatic N) is 3. The van der Waals surface area contributed by atoms with Crippen molar-refractivity contribution in [3.8, 4) is 5.75 Å². The van der Waals surface area contributed by atoms with Crippen LogP contribution >= 0.6 is 11.3 Å². The molecule has 1 N–H and O–H groups in total. The van der Waals surface area contributed by atoms with Gasteiger partial charge in [0.25, 0.3) is 5.91 Å². The number of hydrogen-bond acceptors (Lipinski definition) is 7. The number of aryl methyl sites for hydroxylation is 2. The number of hydrogen-bond donors (Lipinski definition) is 1. The molecule has 0 fully saturated rings. The highest BCUT2D eigenvalue weighted by Gasteiger charge is 2.14. The van der Waals surface area contributed by atoms with Gasteiger partial charge in [-0.25, -0.2) is 4.98 Å². The maximum Gasteiger partial charge on any atom is 0.261 e. The third-order valence-electron chi connectivity index (χ3n) is 2.90. The maximum atomic E-state index is 12.4. The SMILES string of the molecule is Cc1nc(COc2ccccc2C(=O)Nc2ncc(C)s2)no1. The first-order valence-corrected chi connectivity index (χ1v) is 7.68. The van der Waals surface area contributed by atoms with Crippen LogP contribution in [0.15, 0.2) is 35.0 Å². The van der Waals surface area contributed by atoms with Gasteiger partial charge in [-0.1, -0.05) is 17.3 Å². The summed E-state index contributed by atoms with van der Waals surface area (Å²) in [6, 6.07) is 6.97. The second-order valence-corrected chi connectivity index (χ2v) is 5.98. The number of benzene rings is 1. The number of carbonyl (C=O) groups excluding carboxylic acids is 1. The molecule has 0 radical (unpaired) electrons. The second kappa shape index (κ2) is 6.57. The van der Waals surface area contributed by atoms with Gasteiger partial charge in [-0.3, -0.25) is 10.1 Å². The maximum absolute atomic E-state index is 12.4. The molecule has 2 heterocycles. The molecule has 0 saturated heterocycles. The van der Waals surface area contributed by atoms with E-state index in [1.54, 1.807) is 37.4 Å². The van der Waals surface area contributed by atoms with Crippen molar-refractivity contribution in [2.75, 3.05) is 5.32 Å². The van der Waals surface area contributed by atoms with Crippen molar-refractivity contribution in [3.63, 3.8) is 0 Å². The van der Waals surface area contributed by atoms with Crippen molar-refractivity contribution in [2.45, 2.75) is 20.5 Å². The fourth-order valence-corrected chi connectivity index (χ4v) is 2.56. The molecule has 1 aromatic carbocycles. The number of para-hydroxylation sites is 1.